The average molecular weight is 356 g/mol. The van der Waals surface area contributed by atoms with E-state index in [1.54, 1.807) is 38.5 Å². The lowest BCUT2D eigenvalue weighted by Crippen LogP contribution is -2.25. The standard InChI is InChI=1S/C12H22O6P2S/c1-5-15-19(13,16-6-2)11-9-21-10-12(11)20(14,17-7-3)18-8-4/h9-10H,5-8H2,1-4H3. The van der Waals surface area contributed by atoms with Crippen molar-refractivity contribution < 1.29 is 27.2 Å². The van der Waals surface area contributed by atoms with Gasteiger partial charge in [-0.1, -0.05) is 0 Å². The summed E-state index contributed by atoms with van der Waals surface area (Å²) >= 11 is 1.26. The first-order valence-corrected chi connectivity index (χ1v) is 10.9. The van der Waals surface area contributed by atoms with Gasteiger partial charge in [-0.3, -0.25) is 9.13 Å². The van der Waals surface area contributed by atoms with E-state index in [2.05, 4.69) is 0 Å². The molecule has 0 bridgehead atoms. The zero-order valence-electron chi connectivity index (χ0n) is 12.7. The second-order valence-electron chi connectivity index (χ2n) is 3.81. The molecule has 122 valence electrons. The van der Waals surface area contributed by atoms with Crippen LogP contribution in [0.5, 0.6) is 0 Å². The molecule has 0 spiro atoms. The third-order valence-corrected chi connectivity index (χ3v) is 7.99. The van der Waals surface area contributed by atoms with E-state index < -0.39 is 15.2 Å². The van der Waals surface area contributed by atoms with Crippen molar-refractivity contribution in [3.8, 4) is 0 Å². The van der Waals surface area contributed by atoms with Crippen molar-refractivity contribution in [3.63, 3.8) is 0 Å². The van der Waals surface area contributed by atoms with E-state index in [-0.39, 0.29) is 37.0 Å². The van der Waals surface area contributed by atoms with Gasteiger partial charge in [0, 0.05) is 10.8 Å². The maximum Gasteiger partial charge on any atom is 0.363 e. The SMILES string of the molecule is CCOP(=O)(OCC)c1cscc1P(=O)(OCC)OCC. The van der Waals surface area contributed by atoms with E-state index in [9.17, 15) is 9.13 Å². The maximum absolute atomic E-state index is 12.9. The second kappa shape index (κ2) is 8.59. The van der Waals surface area contributed by atoms with Crippen LogP contribution in [0.1, 0.15) is 27.7 Å². The monoisotopic (exact) mass is 356 g/mol. The molecule has 1 rings (SSSR count). The third kappa shape index (κ3) is 4.49. The minimum Gasteiger partial charge on any atom is -0.305 e. The summed E-state index contributed by atoms with van der Waals surface area (Å²) in [7, 11) is -7.05. The molecule has 6 nitrogen and oxygen atoms in total. The molecule has 0 saturated heterocycles. The van der Waals surface area contributed by atoms with Crippen molar-refractivity contribution in [3.05, 3.63) is 10.8 Å². The van der Waals surface area contributed by atoms with E-state index in [1.807, 2.05) is 0 Å². The first kappa shape index (κ1) is 19.0. The fraction of sp³-hybridized carbons (Fsp3) is 0.667. The van der Waals surface area contributed by atoms with E-state index in [1.165, 1.54) is 11.3 Å². The fourth-order valence-corrected chi connectivity index (χ4v) is 7.37. The van der Waals surface area contributed by atoms with Crippen molar-refractivity contribution >= 4 is 37.1 Å². The lowest BCUT2D eigenvalue weighted by atomic mass is 10.7. The molecule has 1 aromatic heterocycles. The molecule has 0 unspecified atom stereocenters. The summed E-state index contributed by atoms with van der Waals surface area (Å²) in [6, 6.07) is 0. The minimum absolute atomic E-state index is 0.222. The summed E-state index contributed by atoms with van der Waals surface area (Å²) in [5, 5.41) is 3.76. The molecule has 1 heterocycles. The molecule has 0 aliphatic rings. The summed E-state index contributed by atoms with van der Waals surface area (Å²) < 4.78 is 47.0. The Kier molecular flexibility index (Phi) is 7.79. The lowest BCUT2D eigenvalue weighted by Gasteiger charge is -2.21. The van der Waals surface area contributed by atoms with Gasteiger partial charge in [-0.25, -0.2) is 0 Å². The van der Waals surface area contributed by atoms with Crippen LogP contribution in [0, 0.1) is 0 Å². The largest absolute Gasteiger partial charge is 0.363 e. The number of hydrogen-bond acceptors (Lipinski definition) is 7. The number of hydrogen-bond donors (Lipinski definition) is 0. The topological polar surface area (TPSA) is 71.1 Å². The van der Waals surface area contributed by atoms with Crippen LogP contribution in [-0.4, -0.2) is 26.4 Å². The van der Waals surface area contributed by atoms with Crippen LogP contribution in [0.15, 0.2) is 10.8 Å². The molecule has 0 amide bonds. The second-order valence-corrected chi connectivity index (χ2v) is 8.54. The van der Waals surface area contributed by atoms with E-state index in [0.717, 1.165) is 0 Å². The summed E-state index contributed by atoms with van der Waals surface area (Å²) in [5.41, 5.74) is 0. The molecule has 0 aliphatic carbocycles. The van der Waals surface area contributed by atoms with Crippen molar-refractivity contribution in [1.29, 1.82) is 0 Å². The van der Waals surface area contributed by atoms with Crippen molar-refractivity contribution in [2.24, 2.45) is 0 Å². The van der Waals surface area contributed by atoms with Gasteiger partial charge in [-0.2, -0.15) is 11.3 Å². The molecular weight excluding hydrogens is 334 g/mol. The van der Waals surface area contributed by atoms with Crippen LogP contribution in [0.2, 0.25) is 0 Å². The van der Waals surface area contributed by atoms with Crippen molar-refractivity contribution in [1.82, 2.24) is 0 Å². The van der Waals surface area contributed by atoms with E-state index in [0.29, 0.717) is 0 Å². The Morgan fingerprint density at radius 3 is 1.29 bits per heavy atom. The zero-order valence-corrected chi connectivity index (χ0v) is 15.3. The summed E-state index contributed by atoms with van der Waals surface area (Å²) in [6.07, 6.45) is 0. The molecule has 21 heavy (non-hydrogen) atoms. The summed E-state index contributed by atoms with van der Waals surface area (Å²) in [4.78, 5) is 0. The first-order valence-electron chi connectivity index (χ1n) is 6.82. The number of thiophene rings is 1. The van der Waals surface area contributed by atoms with Crippen LogP contribution in [-0.2, 0) is 27.2 Å². The van der Waals surface area contributed by atoms with Gasteiger partial charge in [0.25, 0.3) is 0 Å². The highest BCUT2D eigenvalue weighted by atomic mass is 32.1. The highest BCUT2D eigenvalue weighted by molar-refractivity contribution is 7.69. The van der Waals surface area contributed by atoms with Crippen LogP contribution in [0.25, 0.3) is 0 Å². The highest BCUT2D eigenvalue weighted by Gasteiger charge is 2.39. The van der Waals surface area contributed by atoms with Gasteiger partial charge >= 0.3 is 15.2 Å². The van der Waals surface area contributed by atoms with Crippen LogP contribution in [0.3, 0.4) is 0 Å². The molecule has 0 fully saturated rings. The van der Waals surface area contributed by atoms with Crippen LogP contribution < -0.4 is 10.6 Å². The predicted octanol–water partition coefficient (Wildman–Crippen LogP) is 3.53. The van der Waals surface area contributed by atoms with E-state index >= 15 is 0 Å². The van der Waals surface area contributed by atoms with Gasteiger partial charge in [0.05, 0.1) is 37.0 Å². The van der Waals surface area contributed by atoms with Crippen LogP contribution in [0.4, 0.5) is 0 Å². The predicted molar refractivity (Wildman–Crippen MR) is 85.3 cm³/mol. The average Bonchev–Trinajstić information content (AvgIpc) is 2.90. The summed E-state index contributed by atoms with van der Waals surface area (Å²) in [6.45, 7) is 7.79. The Balaban J connectivity index is 3.31. The lowest BCUT2D eigenvalue weighted by molar-refractivity contribution is 0.226. The van der Waals surface area contributed by atoms with Gasteiger partial charge in [0.2, 0.25) is 0 Å². The Morgan fingerprint density at radius 1 is 0.762 bits per heavy atom. The normalized spacial score (nSPS) is 12.8. The Hall–Kier alpha value is -0.0000000000000000416. The highest BCUT2D eigenvalue weighted by Crippen LogP contribution is 2.53. The van der Waals surface area contributed by atoms with Crippen LogP contribution >= 0.6 is 26.5 Å². The quantitative estimate of drug-likeness (QED) is 0.597. The fourth-order valence-electron chi connectivity index (χ4n) is 1.73. The maximum atomic E-state index is 12.9. The zero-order chi connectivity index (χ0) is 15.9. The van der Waals surface area contributed by atoms with Gasteiger partial charge in [0.1, 0.15) is 0 Å². The van der Waals surface area contributed by atoms with E-state index in [4.69, 9.17) is 18.1 Å². The first-order chi connectivity index (χ1) is 9.97. The molecular formula is C12H22O6P2S. The van der Waals surface area contributed by atoms with Gasteiger partial charge in [-0.05, 0) is 27.7 Å². The van der Waals surface area contributed by atoms with Crippen molar-refractivity contribution in [2.75, 3.05) is 26.4 Å². The summed E-state index contributed by atoms with van der Waals surface area (Å²) in [5.74, 6) is 0. The van der Waals surface area contributed by atoms with Gasteiger partial charge in [-0.15, -0.1) is 0 Å². The Bertz CT molecular complexity index is 465. The van der Waals surface area contributed by atoms with Crippen molar-refractivity contribution in [2.45, 2.75) is 27.7 Å². The molecule has 0 radical (unpaired) electrons. The number of rotatable bonds is 10. The molecule has 0 saturated carbocycles. The smallest absolute Gasteiger partial charge is 0.305 e. The molecule has 9 heteroatoms. The Labute approximate surface area is 129 Å². The molecule has 0 aliphatic heterocycles. The molecule has 1 aromatic rings. The molecule has 0 aromatic carbocycles. The molecule has 0 N–H and O–H groups in total. The third-order valence-electron chi connectivity index (χ3n) is 2.41. The Morgan fingerprint density at radius 2 is 1.05 bits per heavy atom. The minimum atomic E-state index is -3.53. The van der Waals surface area contributed by atoms with Gasteiger partial charge in [0.15, 0.2) is 0 Å². The molecule has 0 atom stereocenters. The van der Waals surface area contributed by atoms with Gasteiger partial charge < -0.3 is 18.1 Å².